The van der Waals surface area contributed by atoms with E-state index in [1.54, 1.807) is 4.90 Å². The SMILES string of the molecule is COCCC(NC(=O)N1CCCC(CCO)C1)C(=O)O. The molecule has 2 atom stereocenters. The maximum absolute atomic E-state index is 12.1. The van der Waals surface area contributed by atoms with E-state index in [-0.39, 0.29) is 25.7 Å². The van der Waals surface area contributed by atoms with E-state index in [0.717, 1.165) is 12.8 Å². The Morgan fingerprint density at radius 1 is 1.50 bits per heavy atom. The van der Waals surface area contributed by atoms with Crippen LogP contribution < -0.4 is 5.32 Å². The van der Waals surface area contributed by atoms with E-state index >= 15 is 0 Å². The molecule has 3 N–H and O–H groups in total. The molecule has 1 fully saturated rings. The van der Waals surface area contributed by atoms with Gasteiger partial charge in [-0.15, -0.1) is 0 Å². The number of carboxylic acid groups (broad SMARTS) is 1. The Hall–Kier alpha value is -1.34. The first kappa shape index (κ1) is 16.7. The van der Waals surface area contributed by atoms with Gasteiger partial charge in [-0.3, -0.25) is 0 Å². The van der Waals surface area contributed by atoms with E-state index in [2.05, 4.69) is 5.32 Å². The molecule has 0 saturated carbocycles. The maximum atomic E-state index is 12.1. The number of amides is 2. The van der Waals surface area contributed by atoms with Crippen molar-refractivity contribution in [3.63, 3.8) is 0 Å². The number of nitrogens with zero attached hydrogens (tertiary/aromatic N) is 1. The summed E-state index contributed by atoms with van der Waals surface area (Å²) in [6.07, 6.45) is 2.80. The largest absolute Gasteiger partial charge is 0.480 e. The van der Waals surface area contributed by atoms with Gasteiger partial charge in [-0.25, -0.2) is 9.59 Å². The third-order valence-electron chi connectivity index (χ3n) is 3.55. The number of nitrogens with one attached hydrogen (secondary N) is 1. The summed E-state index contributed by atoms with van der Waals surface area (Å²) in [6, 6.07) is -1.28. The average Bonchev–Trinajstić information content (AvgIpc) is 2.43. The summed E-state index contributed by atoms with van der Waals surface area (Å²) in [6.45, 7) is 1.60. The number of methoxy groups -OCH3 is 1. The highest BCUT2D eigenvalue weighted by molar-refractivity contribution is 5.82. The Morgan fingerprint density at radius 3 is 2.85 bits per heavy atom. The third-order valence-corrected chi connectivity index (χ3v) is 3.55. The minimum absolute atomic E-state index is 0.117. The second-order valence-electron chi connectivity index (χ2n) is 5.09. The molecule has 1 heterocycles. The lowest BCUT2D eigenvalue weighted by Gasteiger charge is -2.33. The zero-order chi connectivity index (χ0) is 15.0. The predicted molar refractivity (Wildman–Crippen MR) is 72.4 cm³/mol. The van der Waals surface area contributed by atoms with Gasteiger partial charge >= 0.3 is 12.0 Å². The highest BCUT2D eigenvalue weighted by Crippen LogP contribution is 2.19. The van der Waals surface area contributed by atoms with Crippen LogP contribution in [0.1, 0.15) is 25.7 Å². The summed E-state index contributed by atoms with van der Waals surface area (Å²) in [5.74, 6) is -0.763. The minimum atomic E-state index is -1.06. The Morgan fingerprint density at radius 2 is 2.25 bits per heavy atom. The summed E-state index contributed by atoms with van der Waals surface area (Å²) in [4.78, 5) is 24.8. The first-order chi connectivity index (χ1) is 9.58. The molecule has 2 amide bonds. The molecular formula is C13H24N2O5. The molecule has 0 bridgehead atoms. The number of rotatable bonds is 7. The van der Waals surface area contributed by atoms with Gasteiger partial charge in [-0.1, -0.05) is 0 Å². The molecule has 1 aliphatic rings. The van der Waals surface area contributed by atoms with E-state index < -0.39 is 12.0 Å². The number of aliphatic carboxylic acids is 1. The van der Waals surface area contributed by atoms with Crippen molar-refractivity contribution >= 4 is 12.0 Å². The first-order valence-corrected chi connectivity index (χ1v) is 6.96. The molecule has 0 aromatic carbocycles. The van der Waals surface area contributed by atoms with Crippen LogP contribution in [0.4, 0.5) is 4.79 Å². The zero-order valence-electron chi connectivity index (χ0n) is 11.9. The van der Waals surface area contributed by atoms with Gasteiger partial charge in [0.05, 0.1) is 0 Å². The molecule has 7 heteroatoms. The van der Waals surface area contributed by atoms with Crippen molar-refractivity contribution < 1.29 is 24.5 Å². The van der Waals surface area contributed by atoms with E-state index in [1.165, 1.54) is 7.11 Å². The van der Waals surface area contributed by atoms with Gasteiger partial charge in [0.25, 0.3) is 0 Å². The molecular weight excluding hydrogens is 264 g/mol. The Balaban J connectivity index is 2.48. The van der Waals surface area contributed by atoms with E-state index in [1.807, 2.05) is 0 Å². The molecule has 1 saturated heterocycles. The van der Waals surface area contributed by atoms with Crippen LogP contribution in [0.2, 0.25) is 0 Å². The average molecular weight is 288 g/mol. The topological polar surface area (TPSA) is 99.1 Å². The number of carbonyl (C=O) groups excluding carboxylic acids is 1. The lowest BCUT2D eigenvalue weighted by molar-refractivity contribution is -0.139. The molecule has 1 aliphatic heterocycles. The van der Waals surface area contributed by atoms with Crippen molar-refractivity contribution in [3.8, 4) is 0 Å². The van der Waals surface area contributed by atoms with Crippen LogP contribution in [0, 0.1) is 5.92 Å². The highest BCUT2D eigenvalue weighted by Gasteiger charge is 2.26. The standard InChI is InChI=1S/C13H24N2O5/c1-20-8-5-11(12(17)18)14-13(19)15-6-2-3-10(9-15)4-7-16/h10-11,16H,2-9H2,1H3,(H,14,19)(H,17,18). The number of hydrogen-bond donors (Lipinski definition) is 3. The molecule has 2 unspecified atom stereocenters. The number of likely N-dealkylation sites (tertiary alicyclic amines) is 1. The predicted octanol–water partition coefficient (Wildman–Crippen LogP) is 0.280. The number of urea groups is 1. The summed E-state index contributed by atoms with van der Waals surface area (Å²) in [5, 5.41) is 20.5. The van der Waals surface area contributed by atoms with Crippen molar-refractivity contribution in [3.05, 3.63) is 0 Å². The fourth-order valence-corrected chi connectivity index (χ4v) is 2.40. The van der Waals surface area contributed by atoms with Crippen LogP contribution in [0.15, 0.2) is 0 Å². The van der Waals surface area contributed by atoms with Gasteiger partial charge in [0, 0.05) is 39.8 Å². The fraction of sp³-hybridized carbons (Fsp3) is 0.846. The lowest BCUT2D eigenvalue weighted by Crippen LogP contribution is -2.51. The number of piperidine rings is 1. The summed E-state index contributed by atoms with van der Waals surface area (Å²) in [7, 11) is 1.49. The summed E-state index contributed by atoms with van der Waals surface area (Å²) in [5.41, 5.74) is 0. The number of ether oxygens (including phenoxy) is 1. The fourth-order valence-electron chi connectivity index (χ4n) is 2.40. The van der Waals surface area contributed by atoms with Crippen molar-refractivity contribution in [2.24, 2.45) is 5.92 Å². The van der Waals surface area contributed by atoms with Gasteiger partial charge in [0.15, 0.2) is 0 Å². The van der Waals surface area contributed by atoms with Gasteiger partial charge < -0.3 is 25.2 Å². The van der Waals surface area contributed by atoms with Crippen LogP contribution in [-0.2, 0) is 9.53 Å². The van der Waals surface area contributed by atoms with Crippen LogP contribution in [-0.4, -0.2) is 66.6 Å². The third kappa shape index (κ3) is 5.34. The second-order valence-corrected chi connectivity index (χ2v) is 5.09. The van der Waals surface area contributed by atoms with E-state index in [4.69, 9.17) is 14.9 Å². The molecule has 0 spiro atoms. The van der Waals surface area contributed by atoms with Crippen LogP contribution in [0.3, 0.4) is 0 Å². The van der Waals surface area contributed by atoms with Crippen LogP contribution >= 0.6 is 0 Å². The number of aliphatic hydroxyl groups is 1. The molecule has 0 aromatic rings. The minimum Gasteiger partial charge on any atom is -0.480 e. The molecule has 0 radical (unpaired) electrons. The molecule has 1 rings (SSSR count). The highest BCUT2D eigenvalue weighted by atomic mass is 16.5. The molecule has 20 heavy (non-hydrogen) atoms. The summed E-state index contributed by atoms with van der Waals surface area (Å²) < 4.78 is 4.84. The van der Waals surface area contributed by atoms with Crippen LogP contribution in [0.5, 0.6) is 0 Å². The second kappa shape index (κ2) is 8.76. The van der Waals surface area contributed by atoms with Crippen LogP contribution in [0.25, 0.3) is 0 Å². The van der Waals surface area contributed by atoms with E-state index in [0.29, 0.717) is 25.4 Å². The maximum Gasteiger partial charge on any atom is 0.326 e. The van der Waals surface area contributed by atoms with Gasteiger partial charge in [-0.05, 0) is 25.2 Å². The number of carbonyl (C=O) groups is 2. The lowest BCUT2D eigenvalue weighted by atomic mass is 9.95. The quantitative estimate of drug-likeness (QED) is 0.625. The van der Waals surface area contributed by atoms with Gasteiger partial charge in [0.1, 0.15) is 6.04 Å². The molecule has 116 valence electrons. The van der Waals surface area contributed by atoms with Gasteiger partial charge in [-0.2, -0.15) is 0 Å². The normalized spacial score (nSPS) is 20.5. The molecule has 0 aromatic heterocycles. The Kier molecular flexibility index (Phi) is 7.32. The first-order valence-electron chi connectivity index (χ1n) is 6.96. The van der Waals surface area contributed by atoms with Gasteiger partial charge in [0.2, 0.25) is 0 Å². The van der Waals surface area contributed by atoms with Crippen molar-refractivity contribution in [2.45, 2.75) is 31.7 Å². The number of hydrogen-bond acceptors (Lipinski definition) is 4. The van der Waals surface area contributed by atoms with Crippen molar-refractivity contribution in [1.82, 2.24) is 10.2 Å². The molecule has 0 aliphatic carbocycles. The monoisotopic (exact) mass is 288 g/mol. The Bertz CT molecular complexity index is 322. The zero-order valence-corrected chi connectivity index (χ0v) is 11.9. The number of carboxylic acids is 1. The summed E-state index contributed by atoms with van der Waals surface area (Å²) >= 11 is 0. The smallest absolute Gasteiger partial charge is 0.326 e. The van der Waals surface area contributed by atoms with Crippen molar-refractivity contribution in [1.29, 1.82) is 0 Å². The Labute approximate surface area is 118 Å². The number of aliphatic hydroxyl groups excluding tert-OH is 1. The molecule has 7 nitrogen and oxygen atoms in total. The van der Waals surface area contributed by atoms with Crippen molar-refractivity contribution in [2.75, 3.05) is 33.4 Å². The van der Waals surface area contributed by atoms with E-state index in [9.17, 15) is 9.59 Å².